The Balaban J connectivity index is 0. The zero-order valence-electron chi connectivity index (χ0n) is 4.68. The van der Waals surface area contributed by atoms with Gasteiger partial charge in [0.15, 0.2) is 0 Å². The molecule has 3 heteroatoms. The van der Waals surface area contributed by atoms with Crippen LogP contribution in [0.5, 0.6) is 0 Å². The maximum atomic E-state index is 4.04. The van der Waals surface area contributed by atoms with Crippen molar-refractivity contribution >= 4 is 34.3 Å². The quantitative estimate of drug-likeness (QED) is 0.369. The molecular weight excluding hydrogens is 143 g/mol. The standard InChI is InChI=1S/C4H10S2.H3P/c1-6-4-2-3-5;/h5H,2-4H2,1H3;1H3. The predicted molar refractivity (Wildman–Crippen MR) is 48.0 cm³/mol. The molecule has 0 saturated heterocycles. The van der Waals surface area contributed by atoms with E-state index < -0.39 is 0 Å². The van der Waals surface area contributed by atoms with E-state index in [0.29, 0.717) is 0 Å². The van der Waals surface area contributed by atoms with E-state index in [4.69, 9.17) is 0 Å². The van der Waals surface area contributed by atoms with Gasteiger partial charge in [-0.05, 0) is 24.2 Å². The van der Waals surface area contributed by atoms with E-state index in [1.807, 2.05) is 11.8 Å². The van der Waals surface area contributed by atoms with Gasteiger partial charge in [0, 0.05) is 0 Å². The van der Waals surface area contributed by atoms with Crippen LogP contribution in [-0.2, 0) is 0 Å². The molecule has 0 bridgehead atoms. The molecule has 0 nitrogen and oxygen atoms in total. The van der Waals surface area contributed by atoms with Crippen molar-refractivity contribution in [1.82, 2.24) is 0 Å². The Labute approximate surface area is 58.9 Å². The zero-order chi connectivity index (χ0) is 4.83. The van der Waals surface area contributed by atoms with Crippen molar-refractivity contribution in [2.75, 3.05) is 17.8 Å². The molecule has 0 aliphatic heterocycles. The zero-order valence-corrected chi connectivity index (χ0v) is 7.81. The van der Waals surface area contributed by atoms with Crippen molar-refractivity contribution in [1.29, 1.82) is 0 Å². The van der Waals surface area contributed by atoms with Crippen LogP contribution in [-0.4, -0.2) is 17.8 Å². The van der Waals surface area contributed by atoms with E-state index in [1.54, 1.807) is 0 Å². The number of thiol groups is 1. The second-order valence-electron chi connectivity index (χ2n) is 1.07. The lowest BCUT2D eigenvalue weighted by Crippen LogP contribution is -1.75. The third-order valence-electron chi connectivity index (χ3n) is 0.507. The fourth-order valence-electron chi connectivity index (χ4n) is 0.209. The van der Waals surface area contributed by atoms with Gasteiger partial charge in [0.1, 0.15) is 0 Å². The van der Waals surface area contributed by atoms with Crippen LogP contribution in [0.1, 0.15) is 6.42 Å². The van der Waals surface area contributed by atoms with Gasteiger partial charge in [0.05, 0.1) is 0 Å². The van der Waals surface area contributed by atoms with Crippen LogP contribution < -0.4 is 0 Å². The summed E-state index contributed by atoms with van der Waals surface area (Å²) in [6.07, 6.45) is 3.35. The molecule has 0 aromatic carbocycles. The van der Waals surface area contributed by atoms with Crippen molar-refractivity contribution in [2.24, 2.45) is 0 Å². The minimum atomic E-state index is 0. The van der Waals surface area contributed by atoms with Gasteiger partial charge in [-0.15, -0.1) is 0 Å². The van der Waals surface area contributed by atoms with Crippen molar-refractivity contribution in [2.45, 2.75) is 6.42 Å². The van der Waals surface area contributed by atoms with Gasteiger partial charge in [-0.25, -0.2) is 0 Å². The average molecular weight is 156 g/mol. The molecule has 0 N–H and O–H groups in total. The number of thioether (sulfide) groups is 1. The smallest absolute Gasteiger partial charge is 0.00626 e. The number of hydrogen-bond acceptors (Lipinski definition) is 2. The molecule has 0 radical (unpaired) electrons. The molecule has 0 aliphatic carbocycles. The van der Waals surface area contributed by atoms with Gasteiger partial charge < -0.3 is 0 Å². The molecule has 46 valence electrons. The third kappa shape index (κ3) is 11.0. The van der Waals surface area contributed by atoms with Gasteiger partial charge >= 0.3 is 0 Å². The maximum absolute atomic E-state index is 4.04. The highest BCUT2D eigenvalue weighted by molar-refractivity contribution is 7.98. The Morgan fingerprint density at radius 1 is 1.57 bits per heavy atom. The van der Waals surface area contributed by atoms with Crippen molar-refractivity contribution in [3.63, 3.8) is 0 Å². The van der Waals surface area contributed by atoms with E-state index in [1.165, 1.54) is 12.2 Å². The van der Waals surface area contributed by atoms with Crippen molar-refractivity contribution < 1.29 is 0 Å². The van der Waals surface area contributed by atoms with Crippen LogP contribution in [0.4, 0.5) is 0 Å². The summed E-state index contributed by atoms with van der Waals surface area (Å²) in [5, 5.41) is 0. The molecule has 1 unspecified atom stereocenters. The Morgan fingerprint density at radius 2 is 2.14 bits per heavy atom. The van der Waals surface area contributed by atoms with Crippen LogP contribution >= 0.6 is 34.3 Å². The third-order valence-corrected chi connectivity index (χ3v) is 1.52. The van der Waals surface area contributed by atoms with Crippen LogP contribution in [0.25, 0.3) is 0 Å². The molecule has 0 aromatic heterocycles. The van der Waals surface area contributed by atoms with E-state index in [-0.39, 0.29) is 9.90 Å². The van der Waals surface area contributed by atoms with Gasteiger partial charge in [0.25, 0.3) is 0 Å². The molecule has 0 aromatic rings. The van der Waals surface area contributed by atoms with Crippen molar-refractivity contribution in [3.05, 3.63) is 0 Å². The average Bonchev–Trinajstić information content (AvgIpc) is 1.61. The van der Waals surface area contributed by atoms with E-state index in [9.17, 15) is 0 Å². The SMILES string of the molecule is CSCCCS.P. The second-order valence-corrected chi connectivity index (χ2v) is 2.50. The summed E-state index contributed by atoms with van der Waals surface area (Å²) in [5.74, 6) is 2.28. The molecule has 0 aliphatic rings. The molecule has 7 heavy (non-hydrogen) atoms. The Kier molecular flexibility index (Phi) is 16.0. The van der Waals surface area contributed by atoms with Crippen LogP contribution in [0, 0.1) is 0 Å². The molecule has 0 rings (SSSR count). The van der Waals surface area contributed by atoms with Gasteiger partial charge in [0.2, 0.25) is 0 Å². The molecule has 0 fully saturated rings. The summed E-state index contributed by atoms with van der Waals surface area (Å²) in [6, 6.07) is 0. The first-order valence-corrected chi connectivity index (χ1v) is 4.04. The second kappa shape index (κ2) is 10.2. The summed E-state index contributed by atoms with van der Waals surface area (Å²) in [4.78, 5) is 0. The minimum absolute atomic E-state index is 0. The van der Waals surface area contributed by atoms with Crippen LogP contribution in [0.2, 0.25) is 0 Å². The van der Waals surface area contributed by atoms with Crippen molar-refractivity contribution in [3.8, 4) is 0 Å². The fourth-order valence-corrected chi connectivity index (χ4v) is 1.01. The van der Waals surface area contributed by atoms with Gasteiger partial charge in [-0.2, -0.15) is 34.3 Å². The summed E-state index contributed by atoms with van der Waals surface area (Å²) >= 11 is 5.92. The lowest BCUT2D eigenvalue weighted by Gasteiger charge is -1.86. The first kappa shape index (κ1) is 11.0. The molecule has 0 saturated carbocycles. The number of rotatable bonds is 3. The predicted octanol–water partition coefficient (Wildman–Crippen LogP) is 1.73. The molecule has 0 amide bonds. The summed E-state index contributed by atoms with van der Waals surface area (Å²) in [5.41, 5.74) is 0. The first-order chi connectivity index (χ1) is 2.91. The lowest BCUT2D eigenvalue weighted by atomic mass is 10.6. The molecular formula is C4H13PS2. The van der Waals surface area contributed by atoms with Crippen LogP contribution in [0.15, 0.2) is 0 Å². The molecule has 0 heterocycles. The lowest BCUT2D eigenvalue weighted by molar-refractivity contribution is 1.13. The monoisotopic (exact) mass is 156 g/mol. The number of hydrogen-bond donors (Lipinski definition) is 1. The maximum Gasteiger partial charge on any atom is -0.00626 e. The summed E-state index contributed by atoms with van der Waals surface area (Å²) in [6.45, 7) is 0. The Morgan fingerprint density at radius 3 is 2.29 bits per heavy atom. The van der Waals surface area contributed by atoms with E-state index in [2.05, 4.69) is 18.9 Å². The van der Waals surface area contributed by atoms with Gasteiger partial charge in [-0.1, -0.05) is 0 Å². The van der Waals surface area contributed by atoms with Crippen LogP contribution in [0.3, 0.4) is 0 Å². The molecule has 0 spiro atoms. The fraction of sp³-hybridized carbons (Fsp3) is 1.00. The largest absolute Gasteiger partial charge is 0.179 e. The minimum Gasteiger partial charge on any atom is -0.179 e. The highest BCUT2D eigenvalue weighted by Crippen LogP contribution is 1.94. The van der Waals surface area contributed by atoms with E-state index in [0.717, 1.165) is 5.75 Å². The summed E-state index contributed by atoms with van der Waals surface area (Å²) < 4.78 is 0. The highest BCUT2D eigenvalue weighted by Gasteiger charge is 1.75. The van der Waals surface area contributed by atoms with Gasteiger partial charge in [-0.3, -0.25) is 0 Å². The first-order valence-electron chi connectivity index (χ1n) is 2.01. The Bertz CT molecular complexity index is 21.7. The highest BCUT2D eigenvalue weighted by atomic mass is 32.2. The summed E-state index contributed by atoms with van der Waals surface area (Å²) in [7, 11) is 0. The topological polar surface area (TPSA) is 0 Å². The Hall–Kier alpha value is 1.13. The normalized spacial score (nSPS) is 7.71. The molecule has 1 atom stereocenters. The van der Waals surface area contributed by atoms with E-state index >= 15 is 0 Å².